The number of carbonyl (C=O) groups is 2. The number of carbonyl (C=O) groups excluding carboxylic acids is 1. The maximum absolute atomic E-state index is 12.0. The fourth-order valence-electron chi connectivity index (χ4n) is 2.24. The van der Waals surface area contributed by atoms with Gasteiger partial charge in [0, 0.05) is 12.1 Å². The van der Waals surface area contributed by atoms with Gasteiger partial charge >= 0.3 is 12.0 Å². The minimum Gasteiger partial charge on any atom is -0.480 e. The fraction of sp³-hybridized carbons (Fsp3) is 0.833. The lowest BCUT2D eigenvalue weighted by Gasteiger charge is -2.28. The van der Waals surface area contributed by atoms with Gasteiger partial charge in [0.15, 0.2) is 0 Å². The van der Waals surface area contributed by atoms with Crippen LogP contribution in [0.1, 0.15) is 40.0 Å². The summed E-state index contributed by atoms with van der Waals surface area (Å²) in [6, 6.07) is -0.179. The van der Waals surface area contributed by atoms with E-state index in [1.165, 1.54) is 4.90 Å². The summed E-state index contributed by atoms with van der Waals surface area (Å²) in [5.41, 5.74) is 0. The Kier molecular flexibility index (Phi) is 4.78. The lowest BCUT2D eigenvalue weighted by Crippen LogP contribution is -2.50. The zero-order chi connectivity index (χ0) is 13.0. The summed E-state index contributed by atoms with van der Waals surface area (Å²) in [6.45, 7) is 5.51. The van der Waals surface area contributed by atoms with E-state index in [0.29, 0.717) is 5.92 Å². The van der Waals surface area contributed by atoms with Crippen molar-refractivity contribution >= 4 is 12.0 Å². The molecule has 1 rings (SSSR count). The van der Waals surface area contributed by atoms with Crippen molar-refractivity contribution in [2.75, 3.05) is 6.54 Å². The van der Waals surface area contributed by atoms with Gasteiger partial charge in [-0.3, -0.25) is 4.79 Å². The molecule has 1 saturated carbocycles. The molecule has 0 aromatic heterocycles. The Labute approximate surface area is 102 Å². The van der Waals surface area contributed by atoms with Crippen LogP contribution in [-0.4, -0.2) is 40.6 Å². The predicted octanol–water partition coefficient (Wildman–Crippen LogP) is 1.68. The quantitative estimate of drug-likeness (QED) is 0.788. The molecule has 2 N–H and O–H groups in total. The van der Waals surface area contributed by atoms with E-state index < -0.39 is 5.97 Å². The molecule has 98 valence electrons. The topological polar surface area (TPSA) is 69.6 Å². The van der Waals surface area contributed by atoms with Gasteiger partial charge in [0.1, 0.15) is 6.54 Å². The van der Waals surface area contributed by atoms with Crippen LogP contribution >= 0.6 is 0 Å². The molecule has 0 radical (unpaired) electrons. The standard InChI is InChI=1S/C12H22N2O3/c1-8(2)14(7-11(15)16)12(17)13-10-6-4-5-9(10)3/h8-10H,4-7H2,1-3H3,(H,13,17)(H,15,16). The maximum atomic E-state index is 12.0. The third-order valence-electron chi connectivity index (χ3n) is 3.36. The average molecular weight is 242 g/mol. The highest BCUT2D eigenvalue weighted by atomic mass is 16.4. The summed E-state index contributed by atoms with van der Waals surface area (Å²) >= 11 is 0. The van der Waals surface area contributed by atoms with Crippen molar-refractivity contribution < 1.29 is 14.7 Å². The van der Waals surface area contributed by atoms with Crippen molar-refractivity contribution in [2.24, 2.45) is 5.92 Å². The van der Waals surface area contributed by atoms with E-state index in [9.17, 15) is 9.59 Å². The molecule has 0 aromatic rings. The zero-order valence-corrected chi connectivity index (χ0v) is 10.8. The van der Waals surface area contributed by atoms with E-state index >= 15 is 0 Å². The van der Waals surface area contributed by atoms with Gasteiger partial charge in [0.2, 0.25) is 0 Å². The number of hydrogen-bond donors (Lipinski definition) is 2. The first-order valence-corrected chi connectivity index (χ1v) is 6.20. The van der Waals surface area contributed by atoms with E-state index in [1.54, 1.807) is 0 Å². The van der Waals surface area contributed by atoms with Crippen molar-refractivity contribution in [3.63, 3.8) is 0 Å². The molecule has 0 spiro atoms. The number of amides is 2. The number of carboxylic acid groups (broad SMARTS) is 1. The number of aliphatic carboxylic acids is 1. The van der Waals surface area contributed by atoms with Crippen molar-refractivity contribution in [2.45, 2.75) is 52.1 Å². The van der Waals surface area contributed by atoms with Crippen LogP contribution in [0.2, 0.25) is 0 Å². The van der Waals surface area contributed by atoms with Crippen LogP contribution in [0.4, 0.5) is 4.79 Å². The molecule has 2 amide bonds. The van der Waals surface area contributed by atoms with E-state index in [-0.39, 0.29) is 24.7 Å². The molecule has 0 bridgehead atoms. The second-order valence-corrected chi connectivity index (χ2v) is 5.08. The minimum absolute atomic E-state index is 0.109. The molecule has 0 aliphatic heterocycles. The highest BCUT2D eigenvalue weighted by Crippen LogP contribution is 2.24. The van der Waals surface area contributed by atoms with Crippen LogP contribution < -0.4 is 5.32 Å². The first-order valence-electron chi connectivity index (χ1n) is 6.20. The number of carboxylic acids is 1. The maximum Gasteiger partial charge on any atom is 0.323 e. The van der Waals surface area contributed by atoms with Crippen LogP contribution in [-0.2, 0) is 4.79 Å². The smallest absolute Gasteiger partial charge is 0.323 e. The molecule has 1 aliphatic rings. The molecule has 17 heavy (non-hydrogen) atoms. The molecule has 1 aliphatic carbocycles. The van der Waals surface area contributed by atoms with Gasteiger partial charge in [0.25, 0.3) is 0 Å². The second-order valence-electron chi connectivity index (χ2n) is 5.08. The van der Waals surface area contributed by atoms with E-state index in [2.05, 4.69) is 12.2 Å². The lowest BCUT2D eigenvalue weighted by atomic mass is 10.1. The van der Waals surface area contributed by atoms with Crippen LogP contribution in [0.25, 0.3) is 0 Å². The number of nitrogens with zero attached hydrogens (tertiary/aromatic N) is 1. The van der Waals surface area contributed by atoms with Crippen molar-refractivity contribution in [1.82, 2.24) is 10.2 Å². The van der Waals surface area contributed by atoms with Crippen molar-refractivity contribution in [3.8, 4) is 0 Å². The molecule has 0 heterocycles. The summed E-state index contributed by atoms with van der Waals surface area (Å²) in [4.78, 5) is 24.0. The molecule has 5 heteroatoms. The van der Waals surface area contributed by atoms with Gasteiger partial charge in [-0.05, 0) is 32.6 Å². The Morgan fingerprint density at radius 2 is 2.06 bits per heavy atom. The summed E-state index contributed by atoms with van der Waals surface area (Å²) < 4.78 is 0. The van der Waals surface area contributed by atoms with Gasteiger partial charge < -0.3 is 15.3 Å². The fourth-order valence-corrected chi connectivity index (χ4v) is 2.24. The second kappa shape index (κ2) is 5.89. The monoisotopic (exact) mass is 242 g/mol. The SMILES string of the molecule is CC1CCCC1NC(=O)N(CC(=O)O)C(C)C. The molecule has 0 saturated heterocycles. The Morgan fingerprint density at radius 3 is 2.47 bits per heavy atom. The van der Waals surface area contributed by atoms with Crippen LogP contribution in [0.5, 0.6) is 0 Å². The molecule has 2 atom stereocenters. The Hall–Kier alpha value is -1.26. The average Bonchev–Trinajstić information content (AvgIpc) is 2.60. The van der Waals surface area contributed by atoms with E-state index in [4.69, 9.17) is 5.11 Å². The van der Waals surface area contributed by atoms with Gasteiger partial charge in [-0.2, -0.15) is 0 Å². The first-order chi connectivity index (χ1) is 7.91. The Balaban J connectivity index is 2.55. The lowest BCUT2D eigenvalue weighted by molar-refractivity contribution is -0.138. The number of urea groups is 1. The number of rotatable bonds is 4. The minimum atomic E-state index is -0.978. The Morgan fingerprint density at radius 1 is 1.41 bits per heavy atom. The van der Waals surface area contributed by atoms with Gasteiger partial charge in [-0.15, -0.1) is 0 Å². The van der Waals surface area contributed by atoms with Crippen LogP contribution in [0.3, 0.4) is 0 Å². The molecular formula is C12H22N2O3. The van der Waals surface area contributed by atoms with Crippen LogP contribution in [0.15, 0.2) is 0 Å². The summed E-state index contributed by atoms with van der Waals surface area (Å²) in [7, 11) is 0. The van der Waals surface area contributed by atoms with Crippen molar-refractivity contribution in [3.05, 3.63) is 0 Å². The summed E-state index contributed by atoms with van der Waals surface area (Å²) in [6.07, 6.45) is 3.25. The van der Waals surface area contributed by atoms with Crippen LogP contribution in [0, 0.1) is 5.92 Å². The van der Waals surface area contributed by atoms with E-state index in [0.717, 1.165) is 19.3 Å². The highest BCUT2D eigenvalue weighted by molar-refractivity contribution is 5.80. The highest BCUT2D eigenvalue weighted by Gasteiger charge is 2.28. The van der Waals surface area contributed by atoms with Gasteiger partial charge in [-0.25, -0.2) is 4.79 Å². The molecule has 2 unspecified atom stereocenters. The Bertz CT molecular complexity index is 291. The zero-order valence-electron chi connectivity index (χ0n) is 10.8. The number of hydrogen-bond acceptors (Lipinski definition) is 2. The van der Waals surface area contributed by atoms with Gasteiger partial charge in [0.05, 0.1) is 0 Å². The molecular weight excluding hydrogens is 220 g/mol. The largest absolute Gasteiger partial charge is 0.480 e. The third kappa shape index (κ3) is 3.91. The first kappa shape index (κ1) is 13.8. The third-order valence-corrected chi connectivity index (χ3v) is 3.36. The summed E-state index contributed by atoms with van der Waals surface area (Å²) in [5.74, 6) is -0.494. The molecule has 5 nitrogen and oxygen atoms in total. The summed E-state index contributed by atoms with van der Waals surface area (Å²) in [5, 5.41) is 11.7. The van der Waals surface area contributed by atoms with Crippen molar-refractivity contribution in [1.29, 1.82) is 0 Å². The van der Waals surface area contributed by atoms with Gasteiger partial charge in [-0.1, -0.05) is 13.3 Å². The van der Waals surface area contributed by atoms with E-state index in [1.807, 2.05) is 13.8 Å². The molecule has 1 fully saturated rings. The molecule has 0 aromatic carbocycles. The predicted molar refractivity (Wildman–Crippen MR) is 64.8 cm³/mol. The normalized spacial score (nSPS) is 23.8. The number of nitrogens with one attached hydrogen (secondary N) is 1.